The zero-order valence-corrected chi connectivity index (χ0v) is 34.0. The number of hydrogen-bond acceptors (Lipinski definition) is 3. The molecule has 3 heterocycles. The first kappa shape index (κ1) is 34.6. The van der Waals surface area contributed by atoms with Gasteiger partial charge in [0.25, 0.3) is 0 Å². The number of hydrogen-bond donors (Lipinski definition) is 0. The lowest BCUT2D eigenvalue weighted by atomic mass is 9.87. The molecule has 3 aromatic heterocycles. The molecule has 282 valence electrons. The van der Waals surface area contributed by atoms with Gasteiger partial charge in [0.15, 0.2) is 0 Å². The van der Waals surface area contributed by atoms with Gasteiger partial charge in [-0.2, -0.15) is 0 Å². The first-order valence-corrected chi connectivity index (χ1v) is 21.3. The minimum atomic E-state index is 0.667. The number of benzene rings is 9. The van der Waals surface area contributed by atoms with Crippen LogP contribution in [-0.4, -0.2) is 14.5 Å². The monoisotopic (exact) mass is 783 g/mol. The van der Waals surface area contributed by atoms with Crippen molar-refractivity contribution >= 4 is 75.0 Å². The van der Waals surface area contributed by atoms with Gasteiger partial charge < -0.3 is 0 Å². The SMILES string of the molecule is Cc1ccc(-c2ccccc2)cc1-c1c(C)c2c(c3ccccc13)c1cc(-c3ccccc3)ccc1n2-c1nc(-c2ccccc2)c2sc3c4ccccc4ccc3c2n1. The molecule has 0 spiro atoms. The molecule has 0 aliphatic heterocycles. The molecule has 0 saturated heterocycles. The molecule has 3 nitrogen and oxygen atoms in total. The molecule has 60 heavy (non-hydrogen) atoms. The van der Waals surface area contributed by atoms with E-state index in [9.17, 15) is 0 Å². The van der Waals surface area contributed by atoms with Gasteiger partial charge in [0.05, 0.1) is 26.9 Å². The average Bonchev–Trinajstić information content (AvgIpc) is 3.87. The fourth-order valence-corrected chi connectivity index (χ4v) is 10.8. The minimum Gasteiger partial charge on any atom is -0.278 e. The minimum absolute atomic E-state index is 0.667. The summed E-state index contributed by atoms with van der Waals surface area (Å²) in [5.41, 5.74) is 14.9. The van der Waals surface area contributed by atoms with Crippen molar-refractivity contribution in [2.75, 3.05) is 0 Å². The molecule has 0 bridgehead atoms. The molecule has 0 fully saturated rings. The fraction of sp³-hybridized carbons (Fsp3) is 0.0357. The van der Waals surface area contributed by atoms with Crippen LogP contribution in [0.2, 0.25) is 0 Å². The summed E-state index contributed by atoms with van der Waals surface area (Å²) in [4.78, 5) is 11.3. The third-order valence-corrected chi connectivity index (χ3v) is 13.6. The van der Waals surface area contributed by atoms with Gasteiger partial charge in [0.2, 0.25) is 5.95 Å². The highest BCUT2D eigenvalue weighted by molar-refractivity contribution is 7.27. The van der Waals surface area contributed by atoms with Crippen LogP contribution in [0.15, 0.2) is 188 Å². The van der Waals surface area contributed by atoms with E-state index in [0.717, 1.165) is 37.9 Å². The van der Waals surface area contributed by atoms with E-state index in [1.54, 1.807) is 11.3 Å². The molecule has 12 rings (SSSR count). The number of nitrogens with zero attached hydrogens (tertiary/aromatic N) is 3. The first-order chi connectivity index (χ1) is 29.6. The number of thiophene rings is 1. The van der Waals surface area contributed by atoms with Crippen LogP contribution in [0.3, 0.4) is 0 Å². The Morgan fingerprint density at radius 3 is 1.80 bits per heavy atom. The first-order valence-electron chi connectivity index (χ1n) is 20.5. The van der Waals surface area contributed by atoms with E-state index in [2.05, 4.69) is 206 Å². The van der Waals surface area contributed by atoms with E-state index in [1.807, 2.05) is 0 Å². The quantitative estimate of drug-likeness (QED) is 0.174. The molecule has 0 aliphatic carbocycles. The van der Waals surface area contributed by atoms with Gasteiger partial charge in [-0.25, -0.2) is 9.97 Å². The smallest absolute Gasteiger partial charge is 0.235 e. The summed E-state index contributed by atoms with van der Waals surface area (Å²) in [6.07, 6.45) is 0. The second kappa shape index (κ2) is 13.6. The number of aryl methyl sites for hydroxylation is 2. The van der Waals surface area contributed by atoms with Crippen molar-refractivity contribution in [2.24, 2.45) is 0 Å². The Bertz CT molecular complexity index is 3660. The Labute approximate surface area is 351 Å². The lowest BCUT2D eigenvalue weighted by Crippen LogP contribution is -2.04. The summed E-state index contributed by atoms with van der Waals surface area (Å²) < 4.78 is 4.69. The van der Waals surface area contributed by atoms with Gasteiger partial charge in [-0.15, -0.1) is 11.3 Å². The normalized spacial score (nSPS) is 11.8. The molecule has 0 atom stereocenters. The molecule has 0 aliphatic rings. The Morgan fingerprint density at radius 1 is 0.450 bits per heavy atom. The van der Waals surface area contributed by atoms with Crippen molar-refractivity contribution in [3.05, 3.63) is 199 Å². The molecule has 9 aromatic carbocycles. The molecule has 0 unspecified atom stereocenters. The van der Waals surface area contributed by atoms with Crippen molar-refractivity contribution in [3.63, 3.8) is 0 Å². The van der Waals surface area contributed by atoms with Crippen LogP contribution in [0.5, 0.6) is 0 Å². The second-order valence-electron chi connectivity index (χ2n) is 15.8. The van der Waals surface area contributed by atoms with E-state index in [1.165, 1.54) is 81.5 Å². The topological polar surface area (TPSA) is 30.7 Å². The third-order valence-electron chi connectivity index (χ3n) is 12.3. The Hall–Kier alpha value is -7.40. The van der Waals surface area contributed by atoms with E-state index in [4.69, 9.17) is 9.97 Å². The van der Waals surface area contributed by atoms with Gasteiger partial charge in [0.1, 0.15) is 0 Å². The summed E-state index contributed by atoms with van der Waals surface area (Å²) in [7, 11) is 0. The number of rotatable bonds is 5. The number of fused-ring (bicyclic) bond motifs is 10. The second-order valence-corrected chi connectivity index (χ2v) is 16.8. The van der Waals surface area contributed by atoms with Gasteiger partial charge in [-0.05, 0) is 98.1 Å². The van der Waals surface area contributed by atoms with E-state index >= 15 is 0 Å². The summed E-state index contributed by atoms with van der Waals surface area (Å²) in [5.74, 6) is 0.667. The van der Waals surface area contributed by atoms with Crippen LogP contribution in [0.1, 0.15) is 11.1 Å². The van der Waals surface area contributed by atoms with Crippen molar-refractivity contribution in [1.82, 2.24) is 14.5 Å². The Morgan fingerprint density at radius 2 is 1.07 bits per heavy atom. The van der Waals surface area contributed by atoms with Crippen LogP contribution in [0, 0.1) is 13.8 Å². The molecule has 12 aromatic rings. The van der Waals surface area contributed by atoms with E-state index in [-0.39, 0.29) is 0 Å². The highest BCUT2D eigenvalue weighted by Crippen LogP contribution is 2.47. The van der Waals surface area contributed by atoms with E-state index < -0.39 is 0 Å². The van der Waals surface area contributed by atoms with Crippen LogP contribution in [0.4, 0.5) is 0 Å². The Kier molecular flexibility index (Phi) is 7.84. The van der Waals surface area contributed by atoms with Crippen LogP contribution in [0.25, 0.3) is 114 Å². The van der Waals surface area contributed by atoms with Gasteiger partial charge in [0, 0.05) is 26.4 Å². The van der Waals surface area contributed by atoms with E-state index in [0.29, 0.717) is 5.95 Å². The van der Waals surface area contributed by atoms with Gasteiger partial charge in [-0.1, -0.05) is 170 Å². The lowest BCUT2D eigenvalue weighted by molar-refractivity contribution is 1.01. The molecule has 0 radical (unpaired) electrons. The Balaban J connectivity index is 1.24. The summed E-state index contributed by atoms with van der Waals surface area (Å²) in [5, 5.41) is 8.45. The molecule has 0 N–H and O–H groups in total. The molecule has 4 heteroatoms. The van der Waals surface area contributed by atoms with Crippen molar-refractivity contribution in [1.29, 1.82) is 0 Å². The zero-order valence-electron chi connectivity index (χ0n) is 33.1. The predicted molar refractivity (Wildman–Crippen MR) is 255 cm³/mol. The zero-order chi connectivity index (χ0) is 39.9. The van der Waals surface area contributed by atoms with Crippen molar-refractivity contribution in [2.45, 2.75) is 13.8 Å². The van der Waals surface area contributed by atoms with Gasteiger partial charge in [-0.3, -0.25) is 4.57 Å². The fourth-order valence-electron chi connectivity index (χ4n) is 9.48. The standard InChI is InChI=1S/C56H37N3S/c1-34-26-27-40(36-16-6-3-7-17-36)32-46(34)49-35(2)53-50(44-25-15-14-24-43(44)49)47-33-41(37-18-8-4-9-19-37)29-31-48(47)59(53)56-57-51(39-21-10-5-11-22-39)55-52(58-56)45-30-28-38-20-12-13-23-42(38)54(45)60-55/h3-33H,1-2H3. The molecule has 0 saturated carbocycles. The predicted octanol–water partition coefficient (Wildman–Crippen LogP) is 15.5. The highest BCUT2D eigenvalue weighted by Gasteiger charge is 2.26. The van der Waals surface area contributed by atoms with Crippen LogP contribution < -0.4 is 0 Å². The third kappa shape index (κ3) is 5.28. The number of aromatic nitrogens is 3. The molecule has 0 amide bonds. The summed E-state index contributed by atoms with van der Waals surface area (Å²) in [6.45, 7) is 4.54. The van der Waals surface area contributed by atoms with Crippen LogP contribution >= 0.6 is 11.3 Å². The highest BCUT2D eigenvalue weighted by atomic mass is 32.1. The summed E-state index contributed by atoms with van der Waals surface area (Å²) >= 11 is 1.80. The average molecular weight is 784 g/mol. The van der Waals surface area contributed by atoms with Crippen molar-refractivity contribution in [3.8, 4) is 50.6 Å². The maximum Gasteiger partial charge on any atom is 0.235 e. The van der Waals surface area contributed by atoms with Crippen LogP contribution in [-0.2, 0) is 0 Å². The molecular formula is C56H37N3S. The van der Waals surface area contributed by atoms with Crippen molar-refractivity contribution < 1.29 is 0 Å². The molecular weight excluding hydrogens is 747 g/mol. The van der Waals surface area contributed by atoms with Gasteiger partial charge >= 0.3 is 0 Å². The summed E-state index contributed by atoms with van der Waals surface area (Å²) in [6, 6.07) is 67.9. The lowest BCUT2D eigenvalue weighted by Gasteiger charge is -2.18. The maximum absolute atomic E-state index is 5.64. The largest absolute Gasteiger partial charge is 0.278 e. The maximum atomic E-state index is 5.64.